The molecule has 1 N–H and O–H groups in total. The Labute approximate surface area is 134 Å². The summed E-state index contributed by atoms with van der Waals surface area (Å²) in [4.78, 5) is 5.13. The minimum absolute atomic E-state index is 0.692. The molecular weight excluding hydrogens is 274 g/mol. The van der Waals surface area contributed by atoms with Crippen molar-refractivity contribution in [2.45, 2.75) is 25.8 Å². The SMILES string of the molecule is COc1cccc(N2CCN(CC3CCNC(C)C3)CC2)c1. The topological polar surface area (TPSA) is 27.7 Å². The molecule has 22 heavy (non-hydrogen) atoms. The number of nitrogens with zero attached hydrogens (tertiary/aromatic N) is 2. The first-order valence-corrected chi connectivity index (χ1v) is 8.59. The van der Waals surface area contributed by atoms with Gasteiger partial charge in [0.05, 0.1) is 7.11 Å². The van der Waals surface area contributed by atoms with Crippen LogP contribution in [0.2, 0.25) is 0 Å². The minimum atomic E-state index is 0.692. The molecule has 4 nitrogen and oxygen atoms in total. The van der Waals surface area contributed by atoms with Crippen LogP contribution in [0, 0.1) is 5.92 Å². The first-order chi connectivity index (χ1) is 10.7. The lowest BCUT2D eigenvalue weighted by molar-refractivity contribution is 0.184. The predicted octanol–water partition coefficient (Wildman–Crippen LogP) is 2.21. The molecule has 2 unspecified atom stereocenters. The quantitative estimate of drug-likeness (QED) is 0.923. The van der Waals surface area contributed by atoms with Gasteiger partial charge in [0.15, 0.2) is 0 Å². The smallest absolute Gasteiger partial charge is 0.120 e. The maximum atomic E-state index is 5.33. The molecule has 2 heterocycles. The van der Waals surface area contributed by atoms with Crippen molar-refractivity contribution >= 4 is 5.69 Å². The van der Waals surface area contributed by atoms with E-state index in [2.05, 4.69) is 40.2 Å². The number of piperazine rings is 1. The van der Waals surface area contributed by atoms with Crippen LogP contribution in [0.15, 0.2) is 24.3 Å². The van der Waals surface area contributed by atoms with Crippen LogP contribution in [0.1, 0.15) is 19.8 Å². The molecule has 1 aromatic carbocycles. The van der Waals surface area contributed by atoms with Gasteiger partial charge >= 0.3 is 0 Å². The van der Waals surface area contributed by atoms with Crippen LogP contribution in [-0.4, -0.2) is 57.3 Å². The molecule has 2 fully saturated rings. The van der Waals surface area contributed by atoms with Gasteiger partial charge in [-0.25, -0.2) is 0 Å². The third-order valence-corrected chi connectivity index (χ3v) is 5.04. The lowest BCUT2D eigenvalue weighted by Crippen LogP contribution is -2.49. The molecule has 1 aromatic rings. The summed E-state index contributed by atoms with van der Waals surface area (Å²) in [5.74, 6) is 1.82. The summed E-state index contributed by atoms with van der Waals surface area (Å²) in [5.41, 5.74) is 1.29. The van der Waals surface area contributed by atoms with Gasteiger partial charge in [-0.3, -0.25) is 4.90 Å². The van der Waals surface area contributed by atoms with Crippen molar-refractivity contribution in [3.63, 3.8) is 0 Å². The number of ether oxygens (including phenoxy) is 1. The molecule has 3 rings (SSSR count). The van der Waals surface area contributed by atoms with Gasteiger partial charge < -0.3 is 15.0 Å². The van der Waals surface area contributed by atoms with Crippen molar-refractivity contribution in [2.24, 2.45) is 5.92 Å². The summed E-state index contributed by atoms with van der Waals surface area (Å²) in [6.07, 6.45) is 2.66. The van der Waals surface area contributed by atoms with Gasteiger partial charge in [-0.05, 0) is 44.4 Å². The molecule has 0 saturated carbocycles. The zero-order chi connectivity index (χ0) is 15.4. The fourth-order valence-corrected chi connectivity index (χ4v) is 3.76. The van der Waals surface area contributed by atoms with Gasteiger partial charge in [0, 0.05) is 50.5 Å². The molecule has 0 radical (unpaired) electrons. The molecule has 0 aromatic heterocycles. The van der Waals surface area contributed by atoms with Gasteiger partial charge in [-0.1, -0.05) is 6.07 Å². The highest BCUT2D eigenvalue weighted by Crippen LogP contribution is 2.23. The van der Waals surface area contributed by atoms with Crippen molar-refractivity contribution in [1.82, 2.24) is 10.2 Å². The van der Waals surface area contributed by atoms with Gasteiger partial charge in [0.1, 0.15) is 5.75 Å². The van der Waals surface area contributed by atoms with E-state index in [-0.39, 0.29) is 0 Å². The number of anilines is 1. The Morgan fingerprint density at radius 3 is 2.77 bits per heavy atom. The van der Waals surface area contributed by atoms with Crippen LogP contribution in [0.4, 0.5) is 5.69 Å². The van der Waals surface area contributed by atoms with Crippen LogP contribution in [-0.2, 0) is 0 Å². The normalized spacial score (nSPS) is 26.9. The highest BCUT2D eigenvalue weighted by Gasteiger charge is 2.23. The van der Waals surface area contributed by atoms with Crippen molar-refractivity contribution in [3.05, 3.63) is 24.3 Å². The Morgan fingerprint density at radius 2 is 2.05 bits per heavy atom. The third-order valence-electron chi connectivity index (χ3n) is 5.04. The lowest BCUT2D eigenvalue weighted by atomic mass is 9.92. The standard InChI is InChI=1S/C18H29N3O/c1-15-12-16(6-7-19-15)14-20-8-10-21(11-9-20)17-4-3-5-18(13-17)22-2/h3-5,13,15-16,19H,6-12,14H2,1-2H3. The summed E-state index contributed by atoms with van der Waals surface area (Å²) in [7, 11) is 1.73. The first-order valence-electron chi connectivity index (χ1n) is 8.59. The fourth-order valence-electron chi connectivity index (χ4n) is 3.76. The van der Waals surface area contributed by atoms with Crippen molar-refractivity contribution < 1.29 is 4.74 Å². The number of piperidine rings is 1. The first kappa shape index (κ1) is 15.6. The maximum absolute atomic E-state index is 5.33. The largest absolute Gasteiger partial charge is 0.497 e. The molecule has 4 heteroatoms. The summed E-state index contributed by atoms with van der Waals surface area (Å²) in [6, 6.07) is 9.11. The molecule has 2 saturated heterocycles. The number of nitrogens with one attached hydrogen (secondary N) is 1. The maximum Gasteiger partial charge on any atom is 0.120 e. The zero-order valence-corrected chi connectivity index (χ0v) is 13.9. The van der Waals surface area contributed by atoms with Crippen LogP contribution in [0.5, 0.6) is 5.75 Å². The minimum Gasteiger partial charge on any atom is -0.497 e. The zero-order valence-electron chi connectivity index (χ0n) is 13.9. The van der Waals surface area contributed by atoms with E-state index in [9.17, 15) is 0 Å². The molecule has 2 atom stereocenters. The van der Waals surface area contributed by atoms with Crippen molar-refractivity contribution in [1.29, 1.82) is 0 Å². The summed E-state index contributed by atoms with van der Waals surface area (Å²) in [5, 5.41) is 3.55. The van der Waals surface area contributed by atoms with E-state index in [4.69, 9.17) is 4.74 Å². The van der Waals surface area contributed by atoms with E-state index in [1.807, 2.05) is 6.07 Å². The van der Waals surface area contributed by atoms with Crippen LogP contribution in [0.25, 0.3) is 0 Å². The Balaban J connectivity index is 1.49. The average Bonchev–Trinajstić information content (AvgIpc) is 2.56. The molecule has 0 bridgehead atoms. The van der Waals surface area contributed by atoms with Gasteiger partial charge in [-0.15, -0.1) is 0 Å². The molecule has 0 aliphatic carbocycles. The second-order valence-electron chi connectivity index (χ2n) is 6.73. The second kappa shape index (κ2) is 7.34. The number of benzene rings is 1. The number of methoxy groups -OCH3 is 1. The Morgan fingerprint density at radius 1 is 1.23 bits per heavy atom. The highest BCUT2D eigenvalue weighted by atomic mass is 16.5. The van der Waals surface area contributed by atoms with E-state index >= 15 is 0 Å². The Hall–Kier alpha value is -1.26. The van der Waals surface area contributed by atoms with E-state index in [0.717, 1.165) is 24.8 Å². The number of hydrogen-bond acceptors (Lipinski definition) is 4. The number of rotatable bonds is 4. The van der Waals surface area contributed by atoms with E-state index in [0.29, 0.717) is 6.04 Å². The average molecular weight is 303 g/mol. The summed E-state index contributed by atoms with van der Waals surface area (Å²) >= 11 is 0. The molecule has 2 aliphatic heterocycles. The molecule has 2 aliphatic rings. The third kappa shape index (κ3) is 3.93. The Bertz CT molecular complexity index is 471. The van der Waals surface area contributed by atoms with Crippen molar-refractivity contribution in [3.8, 4) is 5.75 Å². The predicted molar refractivity (Wildman–Crippen MR) is 91.8 cm³/mol. The molecule has 122 valence electrons. The van der Waals surface area contributed by atoms with Crippen LogP contribution >= 0.6 is 0 Å². The molecule has 0 spiro atoms. The summed E-state index contributed by atoms with van der Waals surface area (Å²) < 4.78 is 5.33. The van der Waals surface area contributed by atoms with Gasteiger partial charge in [-0.2, -0.15) is 0 Å². The van der Waals surface area contributed by atoms with Gasteiger partial charge in [0.2, 0.25) is 0 Å². The van der Waals surface area contributed by atoms with E-state index in [1.54, 1.807) is 7.11 Å². The molecular formula is C18H29N3O. The van der Waals surface area contributed by atoms with Crippen LogP contribution in [0.3, 0.4) is 0 Å². The van der Waals surface area contributed by atoms with Crippen LogP contribution < -0.4 is 15.0 Å². The van der Waals surface area contributed by atoms with E-state index < -0.39 is 0 Å². The fraction of sp³-hybridized carbons (Fsp3) is 0.667. The molecule has 0 amide bonds. The lowest BCUT2D eigenvalue weighted by Gasteiger charge is -2.39. The van der Waals surface area contributed by atoms with Crippen molar-refractivity contribution in [2.75, 3.05) is 51.3 Å². The summed E-state index contributed by atoms with van der Waals surface area (Å²) in [6.45, 7) is 9.37. The highest BCUT2D eigenvalue weighted by molar-refractivity contribution is 5.51. The second-order valence-corrected chi connectivity index (χ2v) is 6.73. The number of hydrogen-bond donors (Lipinski definition) is 1. The van der Waals surface area contributed by atoms with Gasteiger partial charge in [0.25, 0.3) is 0 Å². The monoisotopic (exact) mass is 303 g/mol. The van der Waals surface area contributed by atoms with E-state index in [1.165, 1.54) is 44.7 Å². The Kier molecular flexibility index (Phi) is 5.21.